The van der Waals surface area contributed by atoms with Gasteiger partial charge in [0.15, 0.2) is 0 Å². The molecule has 2 N–H and O–H groups in total. The molecule has 1 amide bonds. The number of fused-ring (bicyclic) bond motifs is 2. The predicted octanol–water partition coefficient (Wildman–Crippen LogP) is 0.399. The molecule has 0 radical (unpaired) electrons. The lowest BCUT2D eigenvalue weighted by Gasteiger charge is -2.14. The van der Waals surface area contributed by atoms with Gasteiger partial charge in [0.05, 0.1) is 30.0 Å². The van der Waals surface area contributed by atoms with Gasteiger partial charge in [-0.2, -0.15) is 0 Å². The Morgan fingerprint density at radius 1 is 1.44 bits per heavy atom. The van der Waals surface area contributed by atoms with Gasteiger partial charge < -0.3 is 10.6 Å². The zero-order chi connectivity index (χ0) is 12.5. The molecule has 18 heavy (non-hydrogen) atoms. The monoisotopic (exact) mass is 246 g/mol. The van der Waals surface area contributed by atoms with Crippen LogP contribution in [0.4, 0.5) is 0 Å². The second kappa shape index (κ2) is 4.65. The summed E-state index contributed by atoms with van der Waals surface area (Å²) in [5.41, 5.74) is 1.70. The van der Waals surface area contributed by atoms with Gasteiger partial charge in [-0.25, -0.2) is 0 Å². The summed E-state index contributed by atoms with van der Waals surface area (Å²) in [6.07, 6.45) is 5.76. The quantitative estimate of drug-likeness (QED) is 0.810. The molecule has 0 spiro atoms. The smallest absolute Gasteiger partial charge is 0.225 e. The summed E-state index contributed by atoms with van der Waals surface area (Å²) in [4.78, 5) is 20.6. The van der Waals surface area contributed by atoms with Crippen LogP contribution in [0.5, 0.6) is 0 Å². The molecule has 1 aromatic heterocycles. The number of rotatable bonds is 3. The van der Waals surface area contributed by atoms with E-state index in [1.807, 2.05) is 6.92 Å². The fourth-order valence-electron chi connectivity index (χ4n) is 3.05. The van der Waals surface area contributed by atoms with Crippen LogP contribution >= 0.6 is 0 Å². The summed E-state index contributed by atoms with van der Waals surface area (Å²) < 4.78 is 0. The standard InChI is InChI=1S/C13H18N4O/c1-8-4-15-10(6-14-8)7-17-13(18)12-9-2-3-11(12)16-5-9/h4,6,9,11-12,16H,2-3,5,7H2,1H3,(H,17,18)/t9-,11-,12+/m0/s1. The minimum Gasteiger partial charge on any atom is -0.350 e. The van der Waals surface area contributed by atoms with Gasteiger partial charge in [0, 0.05) is 12.2 Å². The molecule has 1 aliphatic carbocycles. The van der Waals surface area contributed by atoms with E-state index in [1.54, 1.807) is 12.4 Å². The van der Waals surface area contributed by atoms with Crippen molar-refractivity contribution < 1.29 is 4.79 Å². The van der Waals surface area contributed by atoms with Crippen molar-refractivity contribution in [2.24, 2.45) is 11.8 Å². The molecule has 0 unspecified atom stereocenters. The van der Waals surface area contributed by atoms with Crippen LogP contribution in [-0.4, -0.2) is 28.5 Å². The average molecular weight is 246 g/mol. The first kappa shape index (κ1) is 11.6. The van der Waals surface area contributed by atoms with E-state index in [1.165, 1.54) is 6.42 Å². The molecule has 3 rings (SSSR count). The molecule has 1 aromatic rings. The van der Waals surface area contributed by atoms with Crippen molar-refractivity contribution in [2.45, 2.75) is 32.4 Å². The number of amides is 1. The Labute approximate surface area is 106 Å². The number of piperidine rings is 1. The summed E-state index contributed by atoms with van der Waals surface area (Å²) >= 11 is 0. The lowest BCUT2D eigenvalue weighted by atomic mass is 9.97. The van der Waals surface area contributed by atoms with E-state index >= 15 is 0 Å². The number of hydrogen-bond acceptors (Lipinski definition) is 4. The van der Waals surface area contributed by atoms with Crippen molar-refractivity contribution in [2.75, 3.05) is 6.54 Å². The summed E-state index contributed by atoms with van der Waals surface area (Å²) in [6, 6.07) is 0.388. The molecule has 2 heterocycles. The van der Waals surface area contributed by atoms with E-state index < -0.39 is 0 Å². The van der Waals surface area contributed by atoms with E-state index in [-0.39, 0.29) is 11.8 Å². The van der Waals surface area contributed by atoms with Crippen molar-refractivity contribution in [1.82, 2.24) is 20.6 Å². The third-order valence-electron chi connectivity index (χ3n) is 4.01. The summed E-state index contributed by atoms with van der Waals surface area (Å²) in [7, 11) is 0. The van der Waals surface area contributed by atoms with Crippen LogP contribution in [0.2, 0.25) is 0 Å². The van der Waals surface area contributed by atoms with Crippen LogP contribution < -0.4 is 10.6 Å². The first-order valence-corrected chi connectivity index (χ1v) is 6.52. The van der Waals surface area contributed by atoms with E-state index in [9.17, 15) is 4.79 Å². The fourth-order valence-corrected chi connectivity index (χ4v) is 3.05. The maximum atomic E-state index is 12.1. The summed E-state index contributed by atoms with van der Waals surface area (Å²) in [6.45, 7) is 3.37. The van der Waals surface area contributed by atoms with E-state index in [0.717, 1.165) is 24.4 Å². The molecular weight excluding hydrogens is 228 g/mol. The Morgan fingerprint density at radius 3 is 2.89 bits per heavy atom. The number of nitrogens with one attached hydrogen (secondary N) is 2. The van der Waals surface area contributed by atoms with Gasteiger partial charge >= 0.3 is 0 Å². The highest BCUT2D eigenvalue weighted by Gasteiger charge is 2.45. The Morgan fingerprint density at radius 2 is 2.33 bits per heavy atom. The fraction of sp³-hybridized carbons (Fsp3) is 0.615. The lowest BCUT2D eigenvalue weighted by Crippen LogP contribution is -2.36. The van der Waals surface area contributed by atoms with Gasteiger partial charge in [-0.15, -0.1) is 0 Å². The summed E-state index contributed by atoms with van der Waals surface area (Å²) in [5, 5.41) is 6.38. The highest BCUT2D eigenvalue weighted by molar-refractivity contribution is 5.80. The maximum Gasteiger partial charge on any atom is 0.225 e. The minimum atomic E-state index is 0.156. The number of carbonyl (C=O) groups excluding carboxylic acids is 1. The maximum absolute atomic E-state index is 12.1. The number of carbonyl (C=O) groups is 1. The molecule has 5 heteroatoms. The Hall–Kier alpha value is -1.49. The van der Waals surface area contributed by atoms with Gasteiger partial charge in [-0.05, 0) is 32.2 Å². The van der Waals surface area contributed by atoms with Crippen molar-refractivity contribution >= 4 is 5.91 Å². The number of aromatic nitrogens is 2. The molecule has 2 fully saturated rings. The Bertz CT molecular complexity index is 425. The minimum absolute atomic E-state index is 0.156. The van der Waals surface area contributed by atoms with Crippen LogP contribution in [0.25, 0.3) is 0 Å². The number of nitrogens with zero attached hydrogens (tertiary/aromatic N) is 2. The van der Waals surface area contributed by atoms with E-state index in [4.69, 9.17) is 0 Å². The van der Waals surface area contributed by atoms with Crippen LogP contribution in [0, 0.1) is 18.8 Å². The molecule has 1 saturated carbocycles. The highest BCUT2D eigenvalue weighted by Crippen LogP contribution is 2.36. The van der Waals surface area contributed by atoms with Gasteiger partial charge in [-0.1, -0.05) is 0 Å². The second-order valence-electron chi connectivity index (χ2n) is 5.24. The van der Waals surface area contributed by atoms with Gasteiger partial charge in [0.1, 0.15) is 0 Å². The average Bonchev–Trinajstić information content (AvgIpc) is 2.97. The molecule has 2 bridgehead atoms. The van der Waals surface area contributed by atoms with Crippen LogP contribution in [-0.2, 0) is 11.3 Å². The van der Waals surface area contributed by atoms with Crippen molar-refractivity contribution in [3.63, 3.8) is 0 Å². The predicted molar refractivity (Wildman–Crippen MR) is 66.6 cm³/mol. The van der Waals surface area contributed by atoms with Crippen molar-refractivity contribution in [3.8, 4) is 0 Å². The molecule has 1 aliphatic heterocycles. The van der Waals surface area contributed by atoms with Crippen LogP contribution in [0.1, 0.15) is 24.2 Å². The molecule has 2 aliphatic rings. The topological polar surface area (TPSA) is 66.9 Å². The molecule has 0 aromatic carbocycles. The van der Waals surface area contributed by atoms with Gasteiger partial charge in [0.2, 0.25) is 5.91 Å². The lowest BCUT2D eigenvalue weighted by molar-refractivity contribution is -0.125. The second-order valence-corrected chi connectivity index (χ2v) is 5.24. The SMILES string of the molecule is Cc1cnc(CNC(=O)[C@@H]2[C@H]3CC[C@@H]2NC3)cn1. The molecule has 5 nitrogen and oxygen atoms in total. The molecule has 96 valence electrons. The van der Waals surface area contributed by atoms with Crippen LogP contribution in [0.3, 0.4) is 0 Å². The zero-order valence-electron chi connectivity index (χ0n) is 10.5. The number of hydrogen-bond donors (Lipinski definition) is 2. The Kier molecular flexibility index (Phi) is 2.99. The van der Waals surface area contributed by atoms with E-state index in [2.05, 4.69) is 20.6 Å². The first-order chi connectivity index (χ1) is 8.74. The zero-order valence-corrected chi connectivity index (χ0v) is 10.5. The van der Waals surface area contributed by atoms with Crippen LogP contribution in [0.15, 0.2) is 12.4 Å². The third-order valence-corrected chi connectivity index (χ3v) is 4.01. The van der Waals surface area contributed by atoms with Gasteiger partial charge in [-0.3, -0.25) is 14.8 Å². The largest absolute Gasteiger partial charge is 0.350 e. The normalized spacial score (nSPS) is 29.5. The third kappa shape index (κ3) is 2.10. The first-order valence-electron chi connectivity index (χ1n) is 6.52. The van der Waals surface area contributed by atoms with Crippen molar-refractivity contribution in [3.05, 3.63) is 23.8 Å². The Balaban J connectivity index is 1.57. The van der Waals surface area contributed by atoms with Gasteiger partial charge in [0.25, 0.3) is 0 Å². The summed E-state index contributed by atoms with van der Waals surface area (Å²) in [5.74, 6) is 0.845. The molecular formula is C13H18N4O. The number of aryl methyl sites for hydroxylation is 1. The van der Waals surface area contributed by atoms with Crippen molar-refractivity contribution in [1.29, 1.82) is 0 Å². The molecule has 3 atom stereocenters. The van der Waals surface area contributed by atoms with E-state index in [0.29, 0.717) is 18.5 Å². The molecule has 1 saturated heterocycles. The highest BCUT2D eigenvalue weighted by atomic mass is 16.2.